The van der Waals surface area contributed by atoms with Gasteiger partial charge in [-0.15, -0.1) is 0 Å². The molecule has 0 amide bonds. The quantitative estimate of drug-likeness (QED) is 0.179. The lowest BCUT2D eigenvalue weighted by Gasteiger charge is -2.37. The van der Waals surface area contributed by atoms with E-state index in [0.717, 1.165) is 45.4 Å². The Morgan fingerprint density at radius 2 is 1.30 bits per heavy atom. The minimum atomic E-state index is -0.513. The van der Waals surface area contributed by atoms with Gasteiger partial charge in [-0.3, -0.25) is 0 Å². The summed E-state index contributed by atoms with van der Waals surface area (Å²) in [7, 11) is 0. The molecule has 0 fully saturated rings. The van der Waals surface area contributed by atoms with Gasteiger partial charge in [-0.25, -0.2) is 0 Å². The van der Waals surface area contributed by atoms with Gasteiger partial charge in [0.15, 0.2) is 0 Å². The van der Waals surface area contributed by atoms with Gasteiger partial charge in [0.1, 0.15) is 11.2 Å². The highest BCUT2D eigenvalue weighted by Gasteiger charge is 2.55. The second-order valence-corrected chi connectivity index (χ2v) is 16.1. The molecule has 2 atom stereocenters. The first-order chi connectivity index (χ1) is 28.1. The van der Waals surface area contributed by atoms with Gasteiger partial charge in [0.2, 0.25) is 0 Å². The smallest absolute Gasteiger partial charge is 0.143 e. The highest BCUT2D eigenvalue weighted by Crippen LogP contribution is 2.67. The SMILES string of the molecule is Cc1ccccc1-c1ccc(N(c2ccccc2)c2ccc3c(c2)C2(C4=C(C=CCC4C)c4ccc5ccccc5c42)c2ccc4c(oc5ccccc54)c2-3)cc1. The van der Waals surface area contributed by atoms with Crippen molar-refractivity contribution in [1.29, 1.82) is 0 Å². The molecule has 8 aromatic carbocycles. The topological polar surface area (TPSA) is 16.4 Å². The Kier molecular flexibility index (Phi) is 6.84. The van der Waals surface area contributed by atoms with E-state index in [4.69, 9.17) is 4.42 Å². The number of fused-ring (bicyclic) bond motifs is 15. The second kappa shape index (κ2) is 12.0. The van der Waals surface area contributed by atoms with Crippen molar-refractivity contribution in [1.82, 2.24) is 0 Å². The number of benzene rings is 8. The Morgan fingerprint density at radius 1 is 0.579 bits per heavy atom. The van der Waals surface area contributed by atoms with Gasteiger partial charge in [-0.1, -0.05) is 146 Å². The maximum absolute atomic E-state index is 6.93. The van der Waals surface area contributed by atoms with Crippen molar-refractivity contribution in [3.8, 4) is 22.3 Å². The third-order valence-electron chi connectivity index (χ3n) is 13.0. The van der Waals surface area contributed by atoms with Crippen LogP contribution in [0, 0.1) is 12.8 Å². The van der Waals surface area contributed by atoms with Gasteiger partial charge in [-0.2, -0.15) is 0 Å². The Hall–Kier alpha value is -6.90. The van der Waals surface area contributed by atoms with Gasteiger partial charge in [-0.05, 0) is 128 Å². The number of hydrogen-bond donors (Lipinski definition) is 0. The number of aryl methyl sites for hydroxylation is 1. The molecule has 1 aromatic heterocycles. The van der Waals surface area contributed by atoms with Crippen LogP contribution in [0.5, 0.6) is 0 Å². The zero-order valence-electron chi connectivity index (χ0n) is 32.0. The van der Waals surface area contributed by atoms with E-state index in [2.05, 4.69) is 201 Å². The lowest BCUT2D eigenvalue weighted by atomic mass is 9.64. The maximum atomic E-state index is 6.93. The number of nitrogens with zero attached hydrogens (tertiary/aromatic N) is 1. The van der Waals surface area contributed by atoms with Crippen LogP contribution in [0.1, 0.15) is 41.2 Å². The van der Waals surface area contributed by atoms with E-state index in [1.807, 2.05) is 0 Å². The molecule has 57 heavy (non-hydrogen) atoms. The van der Waals surface area contributed by atoms with Gasteiger partial charge >= 0.3 is 0 Å². The summed E-state index contributed by atoms with van der Waals surface area (Å²) in [6.07, 6.45) is 5.80. The highest BCUT2D eigenvalue weighted by atomic mass is 16.3. The average molecular weight is 730 g/mol. The fraction of sp³-hybridized carbons (Fsp3) is 0.0909. The molecule has 0 saturated carbocycles. The molecule has 0 aliphatic heterocycles. The van der Waals surface area contributed by atoms with Crippen molar-refractivity contribution in [2.75, 3.05) is 4.90 Å². The van der Waals surface area contributed by atoms with Crippen LogP contribution in [0.3, 0.4) is 0 Å². The van der Waals surface area contributed by atoms with E-state index in [-0.39, 0.29) is 0 Å². The van der Waals surface area contributed by atoms with E-state index >= 15 is 0 Å². The predicted octanol–water partition coefficient (Wildman–Crippen LogP) is 14.9. The van der Waals surface area contributed by atoms with E-state index in [9.17, 15) is 0 Å². The molecule has 1 heterocycles. The number of anilines is 3. The minimum absolute atomic E-state index is 0.337. The summed E-state index contributed by atoms with van der Waals surface area (Å²) < 4.78 is 6.93. The van der Waals surface area contributed by atoms with Crippen LogP contribution < -0.4 is 4.90 Å². The lowest BCUT2D eigenvalue weighted by molar-refractivity contribution is 0.593. The molecule has 1 spiro atoms. The zero-order valence-corrected chi connectivity index (χ0v) is 32.0. The predicted molar refractivity (Wildman–Crippen MR) is 238 cm³/mol. The van der Waals surface area contributed by atoms with Crippen LogP contribution in [-0.4, -0.2) is 0 Å². The summed E-state index contributed by atoms with van der Waals surface area (Å²) in [6.45, 7) is 4.62. The largest absolute Gasteiger partial charge is 0.455 e. The molecule has 3 aliphatic rings. The first-order valence-corrected chi connectivity index (χ1v) is 20.2. The fourth-order valence-electron chi connectivity index (χ4n) is 10.7. The summed E-state index contributed by atoms with van der Waals surface area (Å²) in [5.41, 5.74) is 19.2. The number of furan rings is 1. The second-order valence-electron chi connectivity index (χ2n) is 16.1. The van der Waals surface area contributed by atoms with Crippen LogP contribution >= 0.6 is 0 Å². The standard InChI is InChI=1S/C55H39NO/c1-34-13-6-8-18-41(34)37-23-26-39(27-24-37)56(38-16-4-3-5-17-38)40-28-30-47-49(33-40)55(48-32-31-46-43-20-10-11-22-50(43)57-54(46)51(47)48)52-35(2)14-12-21-44(52)45-29-25-36-15-7-9-19-42(36)53(45)55/h3-13,15-33,35H,14H2,1-2H3. The van der Waals surface area contributed by atoms with Gasteiger partial charge in [0.05, 0.1) is 5.41 Å². The van der Waals surface area contributed by atoms with Crippen LogP contribution in [0.15, 0.2) is 192 Å². The molecule has 9 aromatic rings. The summed E-state index contributed by atoms with van der Waals surface area (Å²) in [6, 6.07) is 62.7. The monoisotopic (exact) mass is 729 g/mol. The molecular weight excluding hydrogens is 691 g/mol. The molecule has 2 unspecified atom stereocenters. The Morgan fingerprint density at radius 3 is 2.16 bits per heavy atom. The molecule has 0 saturated heterocycles. The number of allylic oxidation sites excluding steroid dienone is 4. The van der Waals surface area contributed by atoms with Crippen LogP contribution in [-0.2, 0) is 5.41 Å². The Labute approximate surface area is 332 Å². The summed E-state index contributed by atoms with van der Waals surface area (Å²) >= 11 is 0. The third-order valence-corrected chi connectivity index (χ3v) is 13.0. The molecule has 0 N–H and O–H groups in total. The summed E-state index contributed by atoms with van der Waals surface area (Å²) in [4.78, 5) is 2.42. The zero-order chi connectivity index (χ0) is 37.8. The lowest BCUT2D eigenvalue weighted by Crippen LogP contribution is -2.31. The van der Waals surface area contributed by atoms with E-state index in [0.29, 0.717) is 5.92 Å². The molecule has 270 valence electrons. The highest BCUT2D eigenvalue weighted by molar-refractivity contribution is 6.14. The third kappa shape index (κ3) is 4.41. The molecule has 0 bridgehead atoms. The van der Waals surface area contributed by atoms with E-state index in [1.54, 1.807) is 0 Å². The number of hydrogen-bond acceptors (Lipinski definition) is 2. The molecular formula is C55H39NO. The van der Waals surface area contributed by atoms with Crippen molar-refractivity contribution >= 4 is 55.3 Å². The molecule has 12 rings (SSSR count). The number of rotatable bonds is 4. The van der Waals surface area contributed by atoms with Crippen molar-refractivity contribution in [2.45, 2.75) is 25.7 Å². The van der Waals surface area contributed by atoms with Crippen molar-refractivity contribution in [2.24, 2.45) is 5.92 Å². The molecule has 0 radical (unpaired) electrons. The first-order valence-electron chi connectivity index (χ1n) is 20.2. The minimum Gasteiger partial charge on any atom is -0.455 e. The summed E-state index contributed by atoms with van der Waals surface area (Å²) in [5, 5.41) is 4.90. The average Bonchev–Trinajstić information content (AvgIpc) is 3.89. The normalized spacial score (nSPS) is 17.7. The maximum Gasteiger partial charge on any atom is 0.143 e. The van der Waals surface area contributed by atoms with Gasteiger partial charge in [0, 0.05) is 33.4 Å². The van der Waals surface area contributed by atoms with Crippen molar-refractivity contribution in [3.05, 3.63) is 215 Å². The van der Waals surface area contributed by atoms with Crippen LogP contribution in [0.4, 0.5) is 17.1 Å². The van der Waals surface area contributed by atoms with Crippen molar-refractivity contribution in [3.63, 3.8) is 0 Å². The molecule has 2 nitrogen and oxygen atoms in total. The van der Waals surface area contributed by atoms with Crippen LogP contribution in [0.25, 0.3) is 60.5 Å². The van der Waals surface area contributed by atoms with E-state index < -0.39 is 5.41 Å². The first kappa shape index (κ1) is 32.4. The summed E-state index contributed by atoms with van der Waals surface area (Å²) in [5.74, 6) is 0.337. The van der Waals surface area contributed by atoms with E-state index in [1.165, 1.54) is 72.0 Å². The van der Waals surface area contributed by atoms with Gasteiger partial charge < -0.3 is 9.32 Å². The van der Waals surface area contributed by atoms with Crippen molar-refractivity contribution < 1.29 is 4.42 Å². The van der Waals surface area contributed by atoms with Crippen LogP contribution in [0.2, 0.25) is 0 Å². The Bertz CT molecular complexity index is 3180. The van der Waals surface area contributed by atoms with Gasteiger partial charge in [0.25, 0.3) is 0 Å². The molecule has 2 heteroatoms. The molecule has 3 aliphatic carbocycles. The Balaban J connectivity index is 1.18. The number of para-hydroxylation sites is 2. The fourth-order valence-corrected chi connectivity index (χ4v) is 10.7.